The highest BCUT2D eigenvalue weighted by atomic mass is 35.5. The van der Waals surface area contributed by atoms with Crippen molar-refractivity contribution in [2.45, 2.75) is 18.9 Å². The van der Waals surface area contributed by atoms with Crippen LogP contribution in [0.25, 0.3) is 0 Å². The van der Waals surface area contributed by atoms with Crippen molar-refractivity contribution >= 4 is 11.6 Å². The van der Waals surface area contributed by atoms with Gasteiger partial charge < -0.3 is 4.42 Å². The third-order valence-corrected chi connectivity index (χ3v) is 3.06. The molecular formula is C13H15ClN2O. The van der Waals surface area contributed by atoms with Gasteiger partial charge in [-0.1, -0.05) is 29.8 Å². The van der Waals surface area contributed by atoms with Gasteiger partial charge in [0.05, 0.1) is 6.26 Å². The van der Waals surface area contributed by atoms with Gasteiger partial charge in [-0.05, 0) is 30.2 Å². The van der Waals surface area contributed by atoms with Gasteiger partial charge in [0.15, 0.2) is 0 Å². The Labute approximate surface area is 106 Å². The zero-order valence-electron chi connectivity index (χ0n) is 9.40. The van der Waals surface area contributed by atoms with Gasteiger partial charge in [-0.2, -0.15) is 0 Å². The van der Waals surface area contributed by atoms with Gasteiger partial charge in [-0.3, -0.25) is 11.3 Å². The Kier molecular flexibility index (Phi) is 4.20. The molecule has 0 aliphatic carbocycles. The summed E-state index contributed by atoms with van der Waals surface area (Å²) in [6.45, 7) is 0. The van der Waals surface area contributed by atoms with E-state index in [4.69, 9.17) is 21.9 Å². The van der Waals surface area contributed by atoms with Crippen molar-refractivity contribution in [3.05, 3.63) is 59.0 Å². The van der Waals surface area contributed by atoms with E-state index in [2.05, 4.69) is 5.43 Å². The molecule has 0 saturated heterocycles. The van der Waals surface area contributed by atoms with Crippen LogP contribution in [0, 0.1) is 0 Å². The van der Waals surface area contributed by atoms with E-state index in [1.807, 2.05) is 36.4 Å². The zero-order valence-corrected chi connectivity index (χ0v) is 10.2. The molecule has 0 fully saturated rings. The normalized spacial score (nSPS) is 12.6. The average molecular weight is 251 g/mol. The van der Waals surface area contributed by atoms with Gasteiger partial charge in [-0.15, -0.1) is 0 Å². The van der Waals surface area contributed by atoms with E-state index in [0.717, 1.165) is 29.2 Å². The second-order valence-corrected chi connectivity index (χ2v) is 4.35. The maximum atomic E-state index is 6.12. The second kappa shape index (κ2) is 5.87. The smallest absolute Gasteiger partial charge is 0.105 e. The van der Waals surface area contributed by atoms with Crippen LogP contribution >= 0.6 is 11.6 Å². The van der Waals surface area contributed by atoms with E-state index in [0.29, 0.717) is 0 Å². The van der Waals surface area contributed by atoms with Crippen LogP contribution in [-0.2, 0) is 12.8 Å². The number of hydrogen-bond donors (Lipinski definition) is 2. The lowest BCUT2D eigenvalue weighted by molar-refractivity contribution is 0.444. The SMILES string of the molecule is NNC(Cc1ccco1)Cc1ccccc1Cl. The van der Waals surface area contributed by atoms with Crippen molar-refractivity contribution in [3.8, 4) is 0 Å². The number of hydrazine groups is 1. The lowest BCUT2D eigenvalue weighted by Gasteiger charge is -2.15. The Morgan fingerprint density at radius 1 is 1.18 bits per heavy atom. The molecule has 0 radical (unpaired) electrons. The molecule has 90 valence electrons. The first-order valence-corrected chi connectivity index (χ1v) is 5.89. The van der Waals surface area contributed by atoms with Crippen LogP contribution in [0.4, 0.5) is 0 Å². The van der Waals surface area contributed by atoms with Gasteiger partial charge in [0.2, 0.25) is 0 Å². The largest absolute Gasteiger partial charge is 0.469 e. The third-order valence-electron chi connectivity index (χ3n) is 2.69. The minimum Gasteiger partial charge on any atom is -0.469 e. The first-order valence-electron chi connectivity index (χ1n) is 5.51. The molecule has 3 nitrogen and oxygen atoms in total. The van der Waals surface area contributed by atoms with Crippen molar-refractivity contribution in [2.24, 2.45) is 5.84 Å². The molecule has 0 spiro atoms. The lowest BCUT2D eigenvalue weighted by Crippen LogP contribution is -2.38. The van der Waals surface area contributed by atoms with E-state index in [1.54, 1.807) is 6.26 Å². The summed E-state index contributed by atoms with van der Waals surface area (Å²) in [6.07, 6.45) is 3.18. The summed E-state index contributed by atoms with van der Waals surface area (Å²) in [4.78, 5) is 0. The monoisotopic (exact) mass is 250 g/mol. The Morgan fingerprint density at radius 3 is 2.65 bits per heavy atom. The molecule has 2 rings (SSSR count). The quantitative estimate of drug-likeness (QED) is 0.633. The summed E-state index contributed by atoms with van der Waals surface area (Å²) in [5.41, 5.74) is 3.88. The molecule has 17 heavy (non-hydrogen) atoms. The highest BCUT2D eigenvalue weighted by Gasteiger charge is 2.12. The molecule has 4 heteroatoms. The standard InChI is InChI=1S/C13H15ClN2O/c14-13-6-2-1-4-10(13)8-11(16-15)9-12-5-3-7-17-12/h1-7,11,16H,8-9,15H2. The van der Waals surface area contributed by atoms with Gasteiger partial charge in [0, 0.05) is 17.5 Å². The van der Waals surface area contributed by atoms with Crippen LogP contribution < -0.4 is 11.3 Å². The zero-order chi connectivity index (χ0) is 12.1. The fourth-order valence-corrected chi connectivity index (χ4v) is 2.00. The van der Waals surface area contributed by atoms with Crippen LogP contribution in [0.2, 0.25) is 5.02 Å². The van der Waals surface area contributed by atoms with E-state index >= 15 is 0 Å². The van der Waals surface area contributed by atoms with Crippen LogP contribution in [0.5, 0.6) is 0 Å². The van der Waals surface area contributed by atoms with Crippen LogP contribution in [-0.4, -0.2) is 6.04 Å². The van der Waals surface area contributed by atoms with E-state index in [-0.39, 0.29) is 6.04 Å². The van der Waals surface area contributed by atoms with E-state index < -0.39 is 0 Å². The fourth-order valence-electron chi connectivity index (χ4n) is 1.79. The Balaban J connectivity index is 2.03. The minimum atomic E-state index is 0.112. The molecule has 0 aliphatic rings. The summed E-state index contributed by atoms with van der Waals surface area (Å²) in [6, 6.07) is 11.7. The molecule has 1 unspecified atom stereocenters. The second-order valence-electron chi connectivity index (χ2n) is 3.94. The van der Waals surface area contributed by atoms with Crippen molar-refractivity contribution in [2.75, 3.05) is 0 Å². The van der Waals surface area contributed by atoms with Crippen LogP contribution in [0.15, 0.2) is 47.1 Å². The summed E-state index contributed by atoms with van der Waals surface area (Å²) in [5, 5.41) is 0.771. The molecule has 0 aliphatic heterocycles. The molecule has 1 aromatic heterocycles. The molecule has 3 N–H and O–H groups in total. The molecule has 1 heterocycles. The maximum absolute atomic E-state index is 6.12. The van der Waals surface area contributed by atoms with Crippen molar-refractivity contribution in [1.82, 2.24) is 5.43 Å². The summed E-state index contributed by atoms with van der Waals surface area (Å²) in [5.74, 6) is 6.47. The summed E-state index contributed by atoms with van der Waals surface area (Å²) in [7, 11) is 0. The first-order chi connectivity index (χ1) is 8.29. The molecule has 0 amide bonds. The molecule has 0 saturated carbocycles. The molecular weight excluding hydrogens is 236 g/mol. The summed E-state index contributed by atoms with van der Waals surface area (Å²) >= 11 is 6.12. The topological polar surface area (TPSA) is 51.2 Å². The minimum absolute atomic E-state index is 0.112. The van der Waals surface area contributed by atoms with Gasteiger partial charge in [0.1, 0.15) is 5.76 Å². The molecule has 1 aromatic carbocycles. The predicted molar refractivity (Wildman–Crippen MR) is 68.7 cm³/mol. The van der Waals surface area contributed by atoms with Gasteiger partial charge >= 0.3 is 0 Å². The highest BCUT2D eigenvalue weighted by molar-refractivity contribution is 6.31. The number of rotatable bonds is 5. The maximum Gasteiger partial charge on any atom is 0.105 e. The number of hydrogen-bond acceptors (Lipinski definition) is 3. The predicted octanol–water partition coefficient (Wildman–Crippen LogP) is 2.55. The Morgan fingerprint density at radius 2 is 2.00 bits per heavy atom. The third kappa shape index (κ3) is 3.33. The summed E-state index contributed by atoms with van der Waals surface area (Å²) < 4.78 is 5.31. The van der Waals surface area contributed by atoms with Crippen molar-refractivity contribution < 1.29 is 4.42 Å². The Bertz CT molecular complexity index is 456. The van der Waals surface area contributed by atoms with Gasteiger partial charge in [0.25, 0.3) is 0 Å². The fraction of sp³-hybridized carbons (Fsp3) is 0.231. The van der Waals surface area contributed by atoms with Crippen molar-refractivity contribution in [3.63, 3.8) is 0 Å². The number of benzene rings is 1. The average Bonchev–Trinajstić information content (AvgIpc) is 2.84. The van der Waals surface area contributed by atoms with Gasteiger partial charge in [-0.25, -0.2) is 0 Å². The number of nitrogens with one attached hydrogen (secondary N) is 1. The van der Waals surface area contributed by atoms with E-state index in [9.17, 15) is 0 Å². The number of nitrogens with two attached hydrogens (primary N) is 1. The number of halogens is 1. The highest BCUT2D eigenvalue weighted by Crippen LogP contribution is 2.17. The lowest BCUT2D eigenvalue weighted by atomic mass is 10.0. The molecule has 1 atom stereocenters. The van der Waals surface area contributed by atoms with Crippen LogP contribution in [0.3, 0.4) is 0 Å². The molecule has 2 aromatic rings. The van der Waals surface area contributed by atoms with E-state index in [1.165, 1.54) is 0 Å². The first kappa shape index (κ1) is 12.2. The van der Waals surface area contributed by atoms with Crippen molar-refractivity contribution in [1.29, 1.82) is 0 Å². The molecule has 0 bridgehead atoms. The van der Waals surface area contributed by atoms with Crippen LogP contribution in [0.1, 0.15) is 11.3 Å². The number of furan rings is 1. The Hall–Kier alpha value is -1.29.